The highest BCUT2D eigenvalue weighted by molar-refractivity contribution is 8.16. The molecule has 1 atom stereocenters. The minimum Gasteiger partial charge on any atom is -0.497 e. The van der Waals surface area contributed by atoms with Crippen LogP contribution in [0.4, 0.5) is 11.4 Å². The van der Waals surface area contributed by atoms with Crippen molar-refractivity contribution in [1.29, 1.82) is 0 Å². The molecule has 1 unspecified atom stereocenters. The quantitative estimate of drug-likeness (QED) is 0.511. The van der Waals surface area contributed by atoms with E-state index in [1.807, 2.05) is 6.92 Å². The number of thioether (sulfide) groups is 1. The smallest absolute Gasteiger partial charge is 0.284 e. The van der Waals surface area contributed by atoms with Crippen LogP contribution in [0.3, 0.4) is 0 Å². The molecule has 1 aliphatic rings. The van der Waals surface area contributed by atoms with E-state index < -0.39 is 21.2 Å². The topological polar surface area (TPSA) is 105 Å². The lowest BCUT2D eigenvalue weighted by Crippen LogP contribution is -2.33. The zero-order valence-corrected chi connectivity index (χ0v) is 20.7. The molecule has 4 rings (SSSR count). The molecule has 0 saturated carbocycles. The van der Waals surface area contributed by atoms with E-state index in [2.05, 4.69) is 9.71 Å². The molecule has 35 heavy (non-hydrogen) atoms. The molecule has 1 saturated heterocycles. The molecule has 2 amide bonds. The lowest BCUT2D eigenvalue weighted by molar-refractivity contribution is -0.121. The molecule has 0 aliphatic carbocycles. The average molecular weight is 510 g/mol. The van der Waals surface area contributed by atoms with Gasteiger partial charge in [-0.25, -0.2) is 0 Å². The number of anilines is 2. The van der Waals surface area contributed by atoms with Gasteiger partial charge in [0, 0.05) is 12.1 Å². The van der Waals surface area contributed by atoms with Gasteiger partial charge in [-0.2, -0.15) is 8.42 Å². The number of ether oxygens (including phenoxy) is 1. The molecule has 8 nitrogen and oxygen atoms in total. The number of carbonyl (C=O) groups excluding carboxylic acids is 2. The number of hydrogen-bond donors (Lipinski definition) is 1. The van der Waals surface area contributed by atoms with Gasteiger partial charge in [-0.05, 0) is 55.5 Å². The zero-order valence-electron chi connectivity index (χ0n) is 19.0. The van der Waals surface area contributed by atoms with Crippen molar-refractivity contribution < 1.29 is 22.7 Å². The van der Waals surface area contributed by atoms with E-state index in [4.69, 9.17) is 4.74 Å². The molecule has 180 valence electrons. The van der Waals surface area contributed by atoms with Crippen LogP contribution in [-0.4, -0.2) is 37.8 Å². The monoisotopic (exact) mass is 509 g/mol. The number of sulfonamides is 1. The van der Waals surface area contributed by atoms with Crippen molar-refractivity contribution in [3.05, 3.63) is 84.4 Å². The standard InChI is InChI=1S/C25H23N3O5S2/c1-17-8-14-21(15-9-17)35(31,32)27-25-28(19-6-4-3-5-7-19)24(30)22(34-25)16-23(29)26-18-10-12-20(33-2)13-11-18/h3-15,22H,16H2,1-2H3,(H,26,29)/b27-25+. The lowest BCUT2D eigenvalue weighted by atomic mass is 10.2. The first-order valence-corrected chi connectivity index (χ1v) is 13.0. The molecule has 1 N–H and O–H groups in total. The summed E-state index contributed by atoms with van der Waals surface area (Å²) >= 11 is 0.958. The Balaban J connectivity index is 1.59. The highest BCUT2D eigenvalue weighted by Crippen LogP contribution is 2.35. The zero-order chi connectivity index (χ0) is 25.0. The highest BCUT2D eigenvalue weighted by atomic mass is 32.2. The van der Waals surface area contributed by atoms with Gasteiger partial charge in [0.05, 0.1) is 17.7 Å². The van der Waals surface area contributed by atoms with Crippen molar-refractivity contribution in [2.75, 3.05) is 17.3 Å². The van der Waals surface area contributed by atoms with Crippen LogP contribution < -0.4 is 15.0 Å². The maximum absolute atomic E-state index is 13.3. The van der Waals surface area contributed by atoms with Crippen LogP contribution in [-0.2, 0) is 19.6 Å². The first kappa shape index (κ1) is 24.5. The van der Waals surface area contributed by atoms with Crippen LogP contribution in [0.15, 0.2) is 88.2 Å². The number of rotatable bonds is 7. The largest absolute Gasteiger partial charge is 0.497 e. The fourth-order valence-corrected chi connectivity index (χ4v) is 5.73. The third-order valence-corrected chi connectivity index (χ3v) is 7.75. The Morgan fingerprint density at radius 3 is 2.31 bits per heavy atom. The Bertz CT molecular complexity index is 1360. The molecule has 1 heterocycles. The van der Waals surface area contributed by atoms with E-state index >= 15 is 0 Å². The summed E-state index contributed by atoms with van der Waals surface area (Å²) in [5, 5.41) is 1.92. The predicted octanol–water partition coefficient (Wildman–Crippen LogP) is 4.23. The third kappa shape index (κ3) is 5.72. The molecule has 3 aromatic carbocycles. The van der Waals surface area contributed by atoms with E-state index in [0.29, 0.717) is 17.1 Å². The number of aryl methyl sites for hydroxylation is 1. The summed E-state index contributed by atoms with van der Waals surface area (Å²) < 4.78 is 35.1. The normalized spacial score (nSPS) is 17.0. The van der Waals surface area contributed by atoms with Gasteiger partial charge in [0.25, 0.3) is 10.0 Å². The van der Waals surface area contributed by atoms with Crippen molar-refractivity contribution in [2.24, 2.45) is 4.40 Å². The number of methoxy groups -OCH3 is 1. The fraction of sp³-hybridized carbons (Fsp3) is 0.160. The molecule has 1 fully saturated rings. The van der Waals surface area contributed by atoms with Crippen molar-refractivity contribution in [2.45, 2.75) is 23.5 Å². The molecular formula is C25H23N3O5S2. The van der Waals surface area contributed by atoms with Gasteiger partial charge in [0.2, 0.25) is 11.8 Å². The summed E-state index contributed by atoms with van der Waals surface area (Å²) in [6.07, 6.45) is -0.150. The molecule has 0 bridgehead atoms. The van der Waals surface area contributed by atoms with Crippen molar-refractivity contribution >= 4 is 50.1 Å². The number of amides is 2. The molecule has 1 aliphatic heterocycles. The number of nitrogens with zero attached hydrogens (tertiary/aromatic N) is 2. The van der Waals surface area contributed by atoms with E-state index in [1.54, 1.807) is 73.8 Å². The first-order valence-electron chi connectivity index (χ1n) is 10.7. The molecule has 0 aromatic heterocycles. The Labute approximate surface area is 208 Å². The maximum atomic E-state index is 13.3. The van der Waals surface area contributed by atoms with Gasteiger partial charge in [0.15, 0.2) is 5.17 Å². The van der Waals surface area contributed by atoms with Crippen molar-refractivity contribution in [1.82, 2.24) is 0 Å². The van der Waals surface area contributed by atoms with Crippen LogP contribution in [0.25, 0.3) is 0 Å². The van der Waals surface area contributed by atoms with E-state index in [9.17, 15) is 18.0 Å². The Morgan fingerprint density at radius 1 is 1.03 bits per heavy atom. The van der Waals surface area contributed by atoms with Gasteiger partial charge in [-0.3, -0.25) is 14.5 Å². The van der Waals surface area contributed by atoms with Crippen LogP contribution in [0.5, 0.6) is 5.75 Å². The highest BCUT2D eigenvalue weighted by Gasteiger charge is 2.41. The van der Waals surface area contributed by atoms with Gasteiger partial charge in [0.1, 0.15) is 11.0 Å². The SMILES string of the molecule is COc1ccc(NC(=O)CC2S/C(=N/S(=O)(=O)c3ccc(C)cc3)N(c3ccccc3)C2=O)cc1. The number of nitrogens with one attached hydrogen (secondary N) is 1. The van der Waals surface area contributed by atoms with Crippen LogP contribution in [0, 0.1) is 6.92 Å². The van der Waals surface area contributed by atoms with Gasteiger partial charge in [-0.1, -0.05) is 47.7 Å². The van der Waals surface area contributed by atoms with Crippen LogP contribution >= 0.6 is 11.8 Å². The number of carbonyl (C=O) groups is 2. The van der Waals surface area contributed by atoms with E-state index in [0.717, 1.165) is 17.3 Å². The molecular weight excluding hydrogens is 486 g/mol. The molecule has 0 radical (unpaired) electrons. The van der Waals surface area contributed by atoms with Gasteiger partial charge in [-0.15, -0.1) is 4.40 Å². The third-order valence-electron chi connectivity index (χ3n) is 5.21. The Morgan fingerprint density at radius 2 is 1.69 bits per heavy atom. The lowest BCUT2D eigenvalue weighted by Gasteiger charge is -2.16. The van der Waals surface area contributed by atoms with Crippen molar-refractivity contribution in [3.8, 4) is 5.75 Å². The second-order valence-electron chi connectivity index (χ2n) is 7.76. The fourth-order valence-electron chi connectivity index (χ4n) is 3.40. The summed E-state index contributed by atoms with van der Waals surface area (Å²) in [4.78, 5) is 27.2. The maximum Gasteiger partial charge on any atom is 0.284 e. The van der Waals surface area contributed by atoms with Gasteiger partial charge < -0.3 is 10.1 Å². The van der Waals surface area contributed by atoms with Crippen molar-refractivity contribution in [3.63, 3.8) is 0 Å². The van der Waals surface area contributed by atoms with E-state index in [1.165, 1.54) is 17.0 Å². The molecule has 10 heteroatoms. The number of para-hydroxylation sites is 1. The van der Waals surface area contributed by atoms with Crippen LogP contribution in [0.2, 0.25) is 0 Å². The minimum atomic E-state index is -4.07. The summed E-state index contributed by atoms with van der Waals surface area (Å²) in [6, 6.07) is 21.8. The first-order chi connectivity index (χ1) is 16.8. The van der Waals surface area contributed by atoms with E-state index in [-0.39, 0.29) is 22.4 Å². The molecule has 0 spiro atoms. The average Bonchev–Trinajstić information content (AvgIpc) is 3.13. The second-order valence-corrected chi connectivity index (χ2v) is 10.5. The minimum absolute atomic E-state index is 0.00372. The summed E-state index contributed by atoms with van der Waals surface area (Å²) in [6.45, 7) is 1.85. The van der Waals surface area contributed by atoms with Gasteiger partial charge >= 0.3 is 0 Å². The second kappa shape index (κ2) is 10.3. The Kier molecular flexibility index (Phi) is 7.23. The number of amidine groups is 1. The van der Waals surface area contributed by atoms with Crippen LogP contribution in [0.1, 0.15) is 12.0 Å². The summed E-state index contributed by atoms with van der Waals surface area (Å²) in [5.41, 5.74) is 1.94. The molecule has 3 aromatic rings. The number of benzene rings is 3. The number of hydrogen-bond acceptors (Lipinski definition) is 6. The summed E-state index contributed by atoms with van der Waals surface area (Å²) in [5.74, 6) is -0.140. The Hall–Kier alpha value is -3.63. The summed E-state index contributed by atoms with van der Waals surface area (Å²) in [7, 11) is -2.52. The predicted molar refractivity (Wildman–Crippen MR) is 137 cm³/mol.